The molecule has 2 atom stereocenters. The van der Waals surface area contributed by atoms with E-state index < -0.39 is 0 Å². The summed E-state index contributed by atoms with van der Waals surface area (Å²) in [5.74, 6) is 0.987. The second-order valence-electron chi connectivity index (χ2n) is 5.87. The summed E-state index contributed by atoms with van der Waals surface area (Å²) in [7, 11) is 0. The normalized spacial score (nSPS) is 30.5. The lowest BCUT2D eigenvalue weighted by Crippen LogP contribution is -2.46. The first kappa shape index (κ1) is 12.9. The molecule has 3 nitrogen and oxygen atoms in total. The van der Waals surface area contributed by atoms with Crippen LogP contribution in [-0.4, -0.2) is 29.6 Å². The summed E-state index contributed by atoms with van der Waals surface area (Å²) in [4.78, 5) is 2.66. The van der Waals surface area contributed by atoms with Crippen LogP contribution in [0.5, 0.6) is 5.75 Å². The van der Waals surface area contributed by atoms with E-state index in [9.17, 15) is 0 Å². The maximum atomic E-state index is 6.13. The molecule has 2 aliphatic heterocycles. The molecule has 104 valence electrons. The van der Waals surface area contributed by atoms with E-state index in [1.54, 1.807) is 0 Å². The van der Waals surface area contributed by atoms with Crippen LogP contribution in [0.15, 0.2) is 24.3 Å². The molecule has 1 aromatic rings. The van der Waals surface area contributed by atoms with E-state index in [0.29, 0.717) is 18.1 Å². The quantitative estimate of drug-likeness (QED) is 0.904. The monoisotopic (exact) mass is 260 g/mol. The Labute approximate surface area is 115 Å². The number of nitrogens with two attached hydrogens (primary N) is 1. The van der Waals surface area contributed by atoms with Crippen LogP contribution in [0, 0.1) is 0 Å². The van der Waals surface area contributed by atoms with Gasteiger partial charge in [-0.25, -0.2) is 0 Å². The molecule has 2 unspecified atom stereocenters. The van der Waals surface area contributed by atoms with Gasteiger partial charge in [-0.3, -0.25) is 4.90 Å². The predicted molar refractivity (Wildman–Crippen MR) is 77.2 cm³/mol. The van der Waals surface area contributed by atoms with Gasteiger partial charge in [-0.15, -0.1) is 0 Å². The molecule has 2 fully saturated rings. The standard InChI is InChI=1S/C16H24N2O/c1-2-19-16-5-3-4-12(8-16)11-18-14-6-7-15(18)10-13(17)9-14/h3-5,8,13-15H,2,6-7,9-11,17H2,1H3. The summed E-state index contributed by atoms with van der Waals surface area (Å²) < 4.78 is 5.58. The highest BCUT2D eigenvalue weighted by molar-refractivity contribution is 5.28. The number of fused-ring (bicyclic) bond motifs is 2. The first-order chi connectivity index (χ1) is 9.26. The summed E-state index contributed by atoms with van der Waals surface area (Å²) in [6.45, 7) is 3.80. The third-order valence-electron chi connectivity index (χ3n) is 4.50. The molecule has 0 aliphatic carbocycles. The van der Waals surface area contributed by atoms with Crippen LogP contribution < -0.4 is 10.5 Å². The first-order valence-corrected chi connectivity index (χ1v) is 7.49. The van der Waals surface area contributed by atoms with Gasteiger partial charge in [0, 0.05) is 24.7 Å². The largest absolute Gasteiger partial charge is 0.494 e. The van der Waals surface area contributed by atoms with Gasteiger partial charge in [-0.2, -0.15) is 0 Å². The Balaban J connectivity index is 1.70. The van der Waals surface area contributed by atoms with E-state index in [1.165, 1.54) is 31.2 Å². The van der Waals surface area contributed by atoms with Crippen LogP contribution >= 0.6 is 0 Å². The lowest BCUT2D eigenvalue weighted by atomic mass is 9.97. The Bertz CT molecular complexity index is 421. The maximum Gasteiger partial charge on any atom is 0.119 e. The van der Waals surface area contributed by atoms with Gasteiger partial charge in [0.2, 0.25) is 0 Å². The van der Waals surface area contributed by atoms with Gasteiger partial charge in [-0.05, 0) is 50.3 Å². The highest BCUT2D eigenvalue weighted by Crippen LogP contribution is 2.36. The average molecular weight is 260 g/mol. The Hall–Kier alpha value is -1.06. The molecular weight excluding hydrogens is 236 g/mol. The van der Waals surface area contributed by atoms with E-state index >= 15 is 0 Å². The molecular formula is C16H24N2O. The number of ether oxygens (including phenoxy) is 1. The van der Waals surface area contributed by atoms with Gasteiger partial charge in [0.15, 0.2) is 0 Å². The van der Waals surface area contributed by atoms with Gasteiger partial charge >= 0.3 is 0 Å². The van der Waals surface area contributed by atoms with Gasteiger partial charge < -0.3 is 10.5 Å². The fraction of sp³-hybridized carbons (Fsp3) is 0.625. The maximum absolute atomic E-state index is 6.13. The van der Waals surface area contributed by atoms with Gasteiger partial charge in [0.05, 0.1) is 6.61 Å². The van der Waals surface area contributed by atoms with Crippen molar-refractivity contribution in [2.45, 2.75) is 57.3 Å². The third kappa shape index (κ3) is 2.77. The molecule has 0 aromatic heterocycles. The van der Waals surface area contributed by atoms with Gasteiger partial charge in [0.25, 0.3) is 0 Å². The van der Waals surface area contributed by atoms with Crippen LogP contribution in [0.4, 0.5) is 0 Å². The van der Waals surface area contributed by atoms with Gasteiger partial charge in [-0.1, -0.05) is 12.1 Å². The van der Waals surface area contributed by atoms with Crippen molar-refractivity contribution in [2.75, 3.05) is 6.61 Å². The minimum absolute atomic E-state index is 0.420. The van der Waals surface area contributed by atoms with Crippen molar-refractivity contribution in [1.29, 1.82) is 0 Å². The van der Waals surface area contributed by atoms with Crippen molar-refractivity contribution >= 4 is 0 Å². The fourth-order valence-corrected chi connectivity index (χ4v) is 3.69. The van der Waals surface area contributed by atoms with Gasteiger partial charge in [0.1, 0.15) is 5.75 Å². The average Bonchev–Trinajstić information content (AvgIpc) is 2.63. The minimum atomic E-state index is 0.420. The van der Waals surface area contributed by atoms with E-state index in [1.807, 2.05) is 13.0 Å². The number of benzene rings is 1. The summed E-state index contributed by atoms with van der Waals surface area (Å²) in [5.41, 5.74) is 7.49. The molecule has 1 aromatic carbocycles. The highest BCUT2D eigenvalue weighted by Gasteiger charge is 2.39. The van der Waals surface area contributed by atoms with Crippen molar-refractivity contribution in [3.8, 4) is 5.75 Å². The molecule has 2 aliphatic rings. The molecule has 0 radical (unpaired) electrons. The molecule has 2 heterocycles. The fourth-order valence-electron chi connectivity index (χ4n) is 3.69. The number of rotatable bonds is 4. The van der Waals surface area contributed by atoms with E-state index in [2.05, 4.69) is 23.1 Å². The van der Waals surface area contributed by atoms with Crippen molar-refractivity contribution in [1.82, 2.24) is 4.90 Å². The minimum Gasteiger partial charge on any atom is -0.494 e. The Morgan fingerprint density at radius 3 is 2.68 bits per heavy atom. The van der Waals surface area contributed by atoms with Crippen molar-refractivity contribution in [3.05, 3.63) is 29.8 Å². The number of piperidine rings is 1. The third-order valence-corrected chi connectivity index (χ3v) is 4.50. The summed E-state index contributed by atoms with van der Waals surface area (Å²) in [6, 6.07) is 10.3. The number of nitrogens with zero attached hydrogens (tertiary/aromatic N) is 1. The summed E-state index contributed by atoms with van der Waals surface area (Å²) in [6.07, 6.45) is 4.98. The second-order valence-corrected chi connectivity index (χ2v) is 5.87. The lowest BCUT2D eigenvalue weighted by molar-refractivity contribution is 0.120. The zero-order valence-corrected chi connectivity index (χ0v) is 11.7. The van der Waals surface area contributed by atoms with Crippen LogP contribution in [0.2, 0.25) is 0 Å². The number of hydrogen-bond acceptors (Lipinski definition) is 3. The molecule has 0 spiro atoms. The second kappa shape index (κ2) is 5.51. The zero-order chi connectivity index (χ0) is 13.2. The molecule has 3 rings (SSSR count). The first-order valence-electron chi connectivity index (χ1n) is 7.49. The van der Waals surface area contributed by atoms with E-state index in [4.69, 9.17) is 10.5 Å². The van der Waals surface area contributed by atoms with Crippen LogP contribution in [0.1, 0.15) is 38.2 Å². The van der Waals surface area contributed by atoms with E-state index in [0.717, 1.165) is 18.9 Å². The van der Waals surface area contributed by atoms with Crippen LogP contribution in [0.25, 0.3) is 0 Å². The molecule has 2 saturated heterocycles. The topological polar surface area (TPSA) is 38.5 Å². The molecule has 0 amide bonds. The lowest BCUT2D eigenvalue weighted by Gasteiger charge is -2.37. The van der Waals surface area contributed by atoms with E-state index in [-0.39, 0.29) is 0 Å². The SMILES string of the molecule is CCOc1cccc(CN2C3CCC2CC(N)C3)c1. The molecule has 0 saturated carbocycles. The van der Waals surface area contributed by atoms with Crippen molar-refractivity contribution in [2.24, 2.45) is 5.73 Å². The molecule has 3 heteroatoms. The summed E-state index contributed by atoms with van der Waals surface area (Å²) in [5, 5.41) is 0. The van der Waals surface area contributed by atoms with Crippen molar-refractivity contribution < 1.29 is 4.74 Å². The summed E-state index contributed by atoms with van der Waals surface area (Å²) >= 11 is 0. The Morgan fingerprint density at radius 2 is 2.00 bits per heavy atom. The Kier molecular flexibility index (Phi) is 3.76. The Morgan fingerprint density at radius 1 is 1.26 bits per heavy atom. The smallest absolute Gasteiger partial charge is 0.119 e. The predicted octanol–water partition coefficient (Wildman–Crippen LogP) is 2.54. The molecule has 19 heavy (non-hydrogen) atoms. The van der Waals surface area contributed by atoms with Crippen LogP contribution in [0.3, 0.4) is 0 Å². The molecule has 2 bridgehead atoms. The van der Waals surface area contributed by atoms with Crippen LogP contribution in [-0.2, 0) is 6.54 Å². The van der Waals surface area contributed by atoms with Crippen molar-refractivity contribution in [3.63, 3.8) is 0 Å². The highest BCUT2D eigenvalue weighted by atomic mass is 16.5. The zero-order valence-electron chi connectivity index (χ0n) is 11.7. The molecule has 2 N–H and O–H groups in total. The number of hydrogen-bond donors (Lipinski definition) is 1.